The average molecular weight is 225 g/mol. The molecule has 0 radical (unpaired) electrons. The van der Waals surface area contributed by atoms with Crippen LogP contribution >= 0.6 is 0 Å². The summed E-state index contributed by atoms with van der Waals surface area (Å²) in [6.07, 6.45) is 1.19. The van der Waals surface area contributed by atoms with Gasteiger partial charge in [-0.2, -0.15) is 0 Å². The minimum Gasteiger partial charge on any atom is -0.277 e. The van der Waals surface area contributed by atoms with Crippen molar-refractivity contribution >= 4 is 11.8 Å². The minimum absolute atomic E-state index is 0.0146. The van der Waals surface area contributed by atoms with Crippen molar-refractivity contribution in [1.82, 2.24) is 4.90 Å². The standard InChI is InChI=1S/C13H23NO2/c1-9-7-10(15)14(11(9)16)13(5,6)8-12(2,3)4/h9H,7-8H2,1-6H3. The molecule has 0 spiro atoms. The van der Waals surface area contributed by atoms with E-state index in [9.17, 15) is 9.59 Å². The van der Waals surface area contributed by atoms with Gasteiger partial charge in [0.2, 0.25) is 11.8 Å². The zero-order valence-electron chi connectivity index (χ0n) is 11.3. The van der Waals surface area contributed by atoms with Gasteiger partial charge in [-0.3, -0.25) is 14.5 Å². The van der Waals surface area contributed by atoms with Crippen LogP contribution in [0, 0.1) is 11.3 Å². The number of amides is 2. The highest BCUT2D eigenvalue weighted by Gasteiger charge is 2.45. The summed E-state index contributed by atoms with van der Waals surface area (Å²) in [5.74, 6) is -0.183. The van der Waals surface area contributed by atoms with E-state index in [1.54, 1.807) is 0 Å². The van der Waals surface area contributed by atoms with Crippen molar-refractivity contribution < 1.29 is 9.59 Å². The van der Waals surface area contributed by atoms with E-state index in [-0.39, 0.29) is 28.7 Å². The Labute approximate surface area is 98.2 Å². The molecule has 1 fully saturated rings. The van der Waals surface area contributed by atoms with Crippen molar-refractivity contribution in [2.75, 3.05) is 0 Å². The second kappa shape index (κ2) is 3.86. The third-order valence-electron chi connectivity index (χ3n) is 2.94. The molecule has 1 aliphatic rings. The number of imide groups is 1. The second-order valence-corrected chi connectivity index (χ2v) is 6.72. The molecule has 16 heavy (non-hydrogen) atoms. The first kappa shape index (κ1) is 13.2. The Kier molecular flexibility index (Phi) is 3.19. The van der Waals surface area contributed by atoms with E-state index in [4.69, 9.17) is 0 Å². The zero-order valence-corrected chi connectivity index (χ0v) is 11.3. The van der Waals surface area contributed by atoms with Crippen molar-refractivity contribution in [3.05, 3.63) is 0 Å². The number of nitrogens with zero attached hydrogens (tertiary/aromatic N) is 1. The summed E-state index contributed by atoms with van der Waals surface area (Å²) in [5.41, 5.74) is -0.271. The Balaban J connectivity index is 2.91. The molecule has 0 N–H and O–H groups in total. The molecule has 2 amide bonds. The Morgan fingerprint density at radius 1 is 1.19 bits per heavy atom. The molecule has 1 saturated heterocycles. The largest absolute Gasteiger partial charge is 0.277 e. The summed E-state index contributed by atoms with van der Waals surface area (Å²) in [4.78, 5) is 25.3. The third kappa shape index (κ3) is 2.63. The van der Waals surface area contributed by atoms with Crippen molar-refractivity contribution in [3.8, 4) is 0 Å². The molecule has 1 rings (SSSR count). The fraction of sp³-hybridized carbons (Fsp3) is 0.846. The van der Waals surface area contributed by atoms with Gasteiger partial charge in [-0.25, -0.2) is 0 Å². The summed E-state index contributed by atoms with van der Waals surface area (Å²) in [6, 6.07) is 0. The van der Waals surface area contributed by atoms with E-state index < -0.39 is 0 Å². The molecule has 0 bridgehead atoms. The normalized spacial score (nSPS) is 23.1. The van der Waals surface area contributed by atoms with Gasteiger partial charge in [0, 0.05) is 17.9 Å². The highest BCUT2D eigenvalue weighted by atomic mass is 16.2. The lowest BCUT2D eigenvalue weighted by Gasteiger charge is -2.39. The summed E-state index contributed by atoms with van der Waals surface area (Å²) in [5, 5.41) is 0. The predicted octanol–water partition coefficient (Wildman–Crippen LogP) is 2.60. The first-order chi connectivity index (χ1) is 7.04. The van der Waals surface area contributed by atoms with E-state index in [1.165, 1.54) is 4.90 Å². The van der Waals surface area contributed by atoms with Gasteiger partial charge < -0.3 is 0 Å². The lowest BCUT2D eigenvalue weighted by Crippen LogP contribution is -2.49. The molecule has 1 aliphatic heterocycles. The van der Waals surface area contributed by atoms with Gasteiger partial charge in [0.25, 0.3) is 0 Å². The van der Waals surface area contributed by atoms with Crippen LogP contribution in [0.3, 0.4) is 0 Å². The zero-order chi connectivity index (χ0) is 12.7. The summed E-state index contributed by atoms with van der Waals surface area (Å²) in [6.45, 7) is 12.2. The summed E-state index contributed by atoms with van der Waals surface area (Å²) < 4.78 is 0. The molecular weight excluding hydrogens is 202 g/mol. The molecule has 3 heteroatoms. The van der Waals surface area contributed by atoms with Crippen LogP contribution in [0.2, 0.25) is 0 Å². The van der Waals surface area contributed by atoms with Crippen LogP contribution in [-0.2, 0) is 9.59 Å². The first-order valence-electron chi connectivity index (χ1n) is 5.91. The number of rotatable bonds is 2. The van der Waals surface area contributed by atoms with Crippen LogP contribution in [0.25, 0.3) is 0 Å². The van der Waals surface area contributed by atoms with Crippen LogP contribution in [0.5, 0.6) is 0 Å². The average Bonchev–Trinajstić information content (AvgIpc) is 2.20. The number of likely N-dealkylation sites (tertiary alicyclic amines) is 1. The first-order valence-corrected chi connectivity index (χ1v) is 5.91. The summed E-state index contributed by atoms with van der Waals surface area (Å²) in [7, 11) is 0. The molecule has 1 heterocycles. The molecule has 0 saturated carbocycles. The Hall–Kier alpha value is -0.860. The van der Waals surface area contributed by atoms with Crippen molar-refractivity contribution in [3.63, 3.8) is 0 Å². The maximum Gasteiger partial charge on any atom is 0.233 e. The lowest BCUT2D eigenvalue weighted by molar-refractivity contribution is -0.146. The van der Waals surface area contributed by atoms with Gasteiger partial charge in [0.15, 0.2) is 0 Å². The van der Waals surface area contributed by atoms with Gasteiger partial charge in [0.05, 0.1) is 0 Å². The van der Waals surface area contributed by atoms with Gasteiger partial charge >= 0.3 is 0 Å². The number of carbonyl (C=O) groups is 2. The topological polar surface area (TPSA) is 37.4 Å². The van der Waals surface area contributed by atoms with Crippen LogP contribution in [0.15, 0.2) is 0 Å². The molecule has 0 aromatic heterocycles. The highest BCUT2D eigenvalue weighted by molar-refractivity contribution is 6.04. The van der Waals surface area contributed by atoms with Crippen LogP contribution in [0.4, 0.5) is 0 Å². The van der Waals surface area contributed by atoms with Gasteiger partial charge in [-0.1, -0.05) is 27.7 Å². The number of hydrogen-bond acceptors (Lipinski definition) is 2. The lowest BCUT2D eigenvalue weighted by atomic mass is 9.81. The quantitative estimate of drug-likeness (QED) is 0.677. The van der Waals surface area contributed by atoms with E-state index >= 15 is 0 Å². The molecule has 92 valence electrons. The Bertz CT molecular complexity index is 312. The van der Waals surface area contributed by atoms with Gasteiger partial charge in [-0.15, -0.1) is 0 Å². The molecule has 3 nitrogen and oxygen atoms in total. The summed E-state index contributed by atoms with van der Waals surface area (Å²) >= 11 is 0. The van der Waals surface area contributed by atoms with Crippen LogP contribution < -0.4 is 0 Å². The van der Waals surface area contributed by atoms with E-state index in [0.717, 1.165) is 6.42 Å². The van der Waals surface area contributed by atoms with E-state index in [0.29, 0.717) is 6.42 Å². The highest BCUT2D eigenvalue weighted by Crippen LogP contribution is 2.35. The van der Waals surface area contributed by atoms with E-state index in [2.05, 4.69) is 20.8 Å². The minimum atomic E-state index is -0.378. The van der Waals surface area contributed by atoms with Crippen molar-refractivity contribution in [1.29, 1.82) is 0 Å². The van der Waals surface area contributed by atoms with Crippen LogP contribution in [0.1, 0.15) is 54.4 Å². The SMILES string of the molecule is CC1CC(=O)N(C(C)(C)CC(C)(C)C)C1=O. The maximum atomic E-state index is 12.0. The second-order valence-electron chi connectivity index (χ2n) is 6.72. The molecule has 1 atom stereocenters. The Morgan fingerprint density at radius 3 is 2.00 bits per heavy atom. The number of carbonyl (C=O) groups excluding carboxylic acids is 2. The molecular formula is C13H23NO2. The van der Waals surface area contributed by atoms with Gasteiger partial charge in [0.1, 0.15) is 0 Å². The predicted molar refractivity (Wildman–Crippen MR) is 63.8 cm³/mol. The van der Waals surface area contributed by atoms with Crippen molar-refractivity contribution in [2.24, 2.45) is 11.3 Å². The van der Waals surface area contributed by atoms with Crippen molar-refractivity contribution in [2.45, 2.75) is 59.9 Å². The molecule has 0 aromatic carbocycles. The number of hydrogen-bond donors (Lipinski definition) is 0. The Morgan fingerprint density at radius 2 is 1.69 bits per heavy atom. The maximum absolute atomic E-state index is 12.0. The van der Waals surface area contributed by atoms with Gasteiger partial charge in [-0.05, 0) is 25.7 Å². The smallest absolute Gasteiger partial charge is 0.233 e. The fourth-order valence-corrected chi connectivity index (χ4v) is 2.80. The molecule has 0 aromatic rings. The monoisotopic (exact) mass is 225 g/mol. The molecule has 1 unspecified atom stereocenters. The van der Waals surface area contributed by atoms with Crippen LogP contribution in [-0.4, -0.2) is 22.3 Å². The molecule has 0 aliphatic carbocycles. The fourth-order valence-electron chi connectivity index (χ4n) is 2.80. The third-order valence-corrected chi connectivity index (χ3v) is 2.94. The van der Waals surface area contributed by atoms with E-state index in [1.807, 2.05) is 20.8 Å².